The highest BCUT2D eigenvalue weighted by atomic mass is 16.8. The molecule has 0 radical (unpaired) electrons. The predicted octanol–water partition coefficient (Wildman–Crippen LogP) is 4.91. The molecule has 13 nitrogen and oxygen atoms in total. The van der Waals surface area contributed by atoms with Gasteiger partial charge in [-0.15, -0.1) is 0 Å². The first kappa shape index (κ1) is 41.8. The quantitative estimate of drug-likeness (QED) is 0.118. The second-order valence-corrected chi connectivity index (χ2v) is 13.8. The van der Waals surface area contributed by atoms with E-state index in [0.717, 1.165) is 51.9 Å². The van der Waals surface area contributed by atoms with Gasteiger partial charge in [-0.1, -0.05) is 58.8 Å². The predicted molar refractivity (Wildman–Crippen MR) is 173 cm³/mol. The van der Waals surface area contributed by atoms with Crippen LogP contribution in [0.15, 0.2) is 0 Å². The zero-order valence-corrected chi connectivity index (χ0v) is 30.4. The van der Waals surface area contributed by atoms with E-state index in [1.165, 1.54) is 13.3 Å². The summed E-state index contributed by atoms with van der Waals surface area (Å²) in [5.41, 5.74) is -0.955. The summed E-state index contributed by atoms with van der Waals surface area (Å²) in [7, 11) is 0. The van der Waals surface area contributed by atoms with E-state index in [0.29, 0.717) is 13.0 Å². The summed E-state index contributed by atoms with van der Waals surface area (Å²) in [4.78, 5) is 50.5. The van der Waals surface area contributed by atoms with Crippen LogP contribution >= 0.6 is 0 Å². The molecule has 0 aliphatic carbocycles. The molecule has 2 aliphatic heterocycles. The molecule has 0 unspecified atom stereocenters. The van der Waals surface area contributed by atoms with E-state index in [9.17, 15) is 24.3 Å². The Hall–Kier alpha value is -2.32. The van der Waals surface area contributed by atoms with Crippen LogP contribution in [0.4, 0.5) is 0 Å². The van der Waals surface area contributed by atoms with E-state index in [4.69, 9.17) is 37.9 Å². The largest absolute Gasteiger partial charge is 0.457 e. The van der Waals surface area contributed by atoms with Crippen LogP contribution in [0.1, 0.15) is 127 Å². The van der Waals surface area contributed by atoms with Gasteiger partial charge in [0.05, 0.1) is 17.6 Å². The van der Waals surface area contributed by atoms with Crippen LogP contribution in [0.25, 0.3) is 0 Å². The Labute approximate surface area is 285 Å². The highest BCUT2D eigenvalue weighted by Gasteiger charge is 2.55. The van der Waals surface area contributed by atoms with E-state index in [2.05, 4.69) is 6.92 Å². The summed E-state index contributed by atoms with van der Waals surface area (Å²) in [6, 6.07) is 0. The molecule has 2 aliphatic rings. The molecule has 0 saturated carbocycles. The second kappa shape index (κ2) is 20.4. The number of hydrogen-bond donors (Lipinski definition) is 1. The zero-order chi connectivity index (χ0) is 36.0. The summed E-state index contributed by atoms with van der Waals surface area (Å²) < 4.78 is 47.2. The van der Waals surface area contributed by atoms with E-state index in [1.54, 1.807) is 34.6 Å². The smallest absolute Gasteiger partial charge is 0.311 e. The van der Waals surface area contributed by atoms with Gasteiger partial charge in [-0.25, -0.2) is 0 Å². The SMILES string of the molecule is CCCCCCCCO[C@@H]1O[C@@H](C)[C@H](OC(=O)CCCCC)[C@@H](O[C@@H]2O[C@@H](C)[C@H](OC(C)=O)[C@@H](OC(=O)C(C)(C)C)[C@H]2OC(C)=O)[C@H]1O. The summed E-state index contributed by atoms with van der Waals surface area (Å²) in [5.74, 6) is -2.54. The van der Waals surface area contributed by atoms with Crippen LogP contribution < -0.4 is 0 Å². The first-order chi connectivity index (χ1) is 22.6. The number of ether oxygens (including phenoxy) is 8. The number of carbonyl (C=O) groups excluding carboxylic acids is 4. The van der Waals surface area contributed by atoms with Gasteiger partial charge in [0.15, 0.2) is 37.0 Å². The van der Waals surface area contributed by atoms with Crippen molar-refractivity contribution in [3.05, 3.63) is 0 Å². The maximum Gasteiger partial charge on any atom is 0.311 e. The Balaban J connectivity index is 2.41. The fraction of sp³-hybridized carbons (Fsp3) is 0.886. The van der Waals surface area contributed by atoms with Crippen molar-refractivity contribution in [2.45, 2.75) is 188 Å². The lowest BCUT2D eigenvalue weighted by Gasteiger charge is -2.48. The average Bonchev–Trinajstić information content (AvgIpc) is 2.99. The number of hydrogen-bond acceptors (Lipinski definition) is 13. The Bertz CT molecular complexity index is 1010. The molecular weight excluding hydrogens is 628 g/mol. The number of unbranched alkanes of at least 4 members (excludes halogenated alkanes) is 7. The molecule has 0 amide bonds. The van der Waals surface area contributed by atoms with Gasteiger partial charge in [0.1, 0.15) is 12.2 Å². The third-order valence-corrected chi connectivity index (χ3v) is 8.26. The molecule has 0 aromatic carbocycles. The van der Waals surface area contributed by atoms with Crippen molar-refractivity contribution in [2.75, 3.05) is 6.61 Å². The van der Waals surface area contributed by atoms with Crippen LogP contribution in [-0.2, 0) is 57.1 Å². The van der Waals surface area contributed by atoms with Gasteiger partial charge in [0, 0.05) is 26.9 Å². The molecule has 2 fully saturated rings. The van der Waals surface area contributed by atoms with Gasteiger partial charge in [-0.2, -0.15) is 0 Å². The van der Waals surface area contributed by atoms with Crippen molar-refractivity contribution >= 4 is 23.9 Å². The number of aliphatic hydroxyl groups is 1. The lowest BCUT2D eigenvalue weighted by Crippen LogP contribution is -2.65. The molecule has 0 spiro atoms. The van der Waals surface area contributed by atoms with E-state index in [-0.39, 0.29) is 6.42 Å². The number of esters is 4. The minimum atomic E-state index is -1.45. The molecule has 1 N–H and O–H groups in total. The standard InChI is InChI=1S/C35H60O13/c1-10-12-14-15-16-18-20-41-32-26(39)29(27(21(3)42-32)46-25(38)19-17-13-11-2)47-33-31(45-24(6)37)30(48-34(40)35(7,8)9)28(22(4)43-33)44-23(5)36/h21-22,26-33,39H,10-20H2,1-9H3/t21-,22-,26+,27-,28-,29-,30+,31+,32+,33-/m0/s1. The van der Waals surface area contributed by atoms with Crippen molar-refractivity contribution in [2.24, 2.45) is 5.41 Å². The monoisotopic (exact) mass is 688 g/mol. The Morgan fingerprint density at radius 2 is 1.17 bits per heavy atom. The Morgan fingerprint density at radius 1 is 0.646 bits per heavy atom. The van der Waals surface area contributed by atoms with Crippen molar-refractivity contribution in [1.29, 1.82) is 0 Å². The van der Waals surface area contributed by atoms with Crippen LogP contribution in [0.3, 0.4) is 0 Å². The molecule has 10 atom stereocenters. The minimum absolute atomic E-state index is 0.166. The van der Waals surface area contributed by atoms with Crippen molar-refractivity contribution in [3.63, 3.8) is 0 Å². The normalized spacial score (nSPS) is 30.7. The third kappa shape index (κ3) is 13.2. The summed E-state index contributed by atoms with van der Waals surface area (Å²) in [5, 5.41) is 11.6. The highest BCUT2D eigenvalue weighted by Crippen LogP contribution is 2.35. The van der Waals surface area contributed by atoms with Gasteiger partial charge in [-0.3, -0.25) is 19.2 Å². The first-order valence-corrected chi connectivity index (χ1v) is 17.6. The lowest BCUT2D eigenvalue weighted by atomic mass is 9.94. The van der Waals surface area contributed by atoms with E-state index < -0.39 is 90.7 Å². The van der Waals surface area contributed by atoms with Crippen LogP contribution in [0.5, 0.6) is 0 Å². The summed E-state index contributed by atoms with van der Waals surface area (Å²) in [6.45, 7) is 15.1. The van der Waals surface area contributed by atoms with Gasteiger partial charge in [-0.05, 0) is 47.5 Å². The van der Waals surface area contributed by atoms with Gasteiger partial charge in [0.25, 0.3) is 0 Å². The first-order valence-electron chi connectivity index (χ1n) is 17.6. The number of aliphatic hydroxyl groups excluding tert-OH is 1. The number of carbonyl (C=O) groups is 4. The van der Waals surface area contributed by atoms with Crippen molar-refractivity contribution in [1.82, 2.24) is 0 Å². The van der Waals surface area contributed by atoms with Crippen LogP contribution in [0.2, 0.25) is 0 Å². The van der Waals surface area contributed by atoms with Gasteiger partial charge >= 0.3 is 23.9 Å². The molecule has 0 aromatic heterocycles. The van der Waals surface area contributed by atoms with Crippen molar-refractivity contribution in [3.8, 4) is 0 Å². The third-order valence-electron chi connectivity index (χ3n) is 8.26. The molecule has 48 heavy (non-hydrogen) atoms. The topological polar surface area (TPSA) is 162 Å². The molecule has 2 heterocycles. The van der Waals surface area contributed by atoms with E-state index >= 15 is 0 Å². The zero-order valence-electron chi connectivity index (χ0n) is 30.4. The Morgan fingerprint density at radius 3 is 1.75 bits per heavy atom. The van der Waals surface area contributed by atoms with Crippen molar-refractivity contribution < 1.29 is 62.2 Å². The van der Waals surface area contributed by atoms with Crippen LogP contribution in [0, 0.1) is 5.41 Å². The molecule has 2 rings (SSSR count). The summed E-state index contributed by atoms with van der Waals surface area (Å²) in [6.07, 6.45) is -3.13. The minimum Gasteiger partial charge on any atom is -0.457 e. The molecule has 2 saturated heterocycles. The number of rotatable bonds is 18. The second-order valence-electron chi connectivity index (χ2n) is 13.8. The highest BCUT2D eigenvalue weighted by molar-refractivity contribution is 5.76. The molecule has 13 heteroatoms. The molecule has 278 valence electrons. The van der Waals surface area contributed by atoms with E-state index in [1.807, 2.05) is 6.92 Å². The molecular formula is C35H60O13. The summed E-state index contributed by atoms with van der Waals surface area (Å²) >= 11 is 0. The van der Waals surface area contributed by atoms with Gasteiger partial charge in [0.2, 0.25) is 0 Å². The fourth-order valence-corrected chi connectivity index (χ4v) is 5.60. The average molecular weight is 689 g/mol. The molecule has 0 bridgehead atoms. The lowest BCUT2D eigenvalue weighted by molar-refractivity contribution is -0.356. The Kier molecular flexibility index (Phi) is 17.8. The van der Waals surface area contributed by atoms with Gasteiger partial charge < -0.3 is 43.0 Å². The molecule has 0 aromatic rings. The maximum atomic E-state index is 13.1. The maximum absolute atomic E-state index is 13.1. The fourth-order valence-electron chi connectivity index (χ4n) is 5.60. The van der Waals surface area contributed by atoms with Crippen LogP contribution in [-0.4, -0.2) is 97.0 Å².